The van der Waals surface area contributed by atoms with E-state index in [1.807, 2.05) is 0 Å². The number of hydrogen-bond donors (Lipinski definition) is 1. The molecule has 1 fully saturated rings. The lowest BCUT2D eigenvalue weighted by molar-refractivity contribution is 0.0893. The summed E-state index contributed by atoms with van der Waals surface area (Å²) >= 11 is 1.72. The molecule has 0 spiro atoms. The van der Waals surface area contributed by atoms with E-state index >= 15 is 0 Å². The van der Waals surface area contributed by atoms with Crippen LogP contribution in [0.5, 0.6) is 0 Å². The van der Waals surface area contributed by atoms with Gasteiger partial charge < -0.3 is 19.7 Å². The van der Waals surface area contributed by atoms with Crippen molar-refractivity contribution in [1.82, 2.24) is 10.3 Å². The van der Waals surface area contributed by atoms with E-state index < -0.39 is 0 Å². The number of thiazole rings is 1. The number of hydrogen-bond acceptors (Lipinski definition) is 6. The molecule has 0 radical (unpaired) electrons. The maximum Gasteiger partial charge on any atom is 0.185 e. The number of anilines is 1. The van der Waals surface area contributed by atoms with Crippen molar-refractivity contribution < 1.29 is 9.47 Å². The zero-order chi connectivity index (χ0) is 13.5. The standard InChI is InChI=1S/C13H23N3O2S/c1-17-7-5-14-8-11-10-19-13(15-11)16-6-3-4-12(9-16)18-2/h10,12,14H,3-9H2,1-2H3. The summed E-state index contributed by atoms with van der Waals surface area (Å²) in [6, 6.07) is 0. The van der Waals surface area contributed by atoms with Crippen molar-refractivity contribution in [3.63, 3.8) is 0 Å². The molecule has 1 aliphatic heterocycles. The quantitative estimate of drug-likeness (QED) is 0.769. The van der Waals surface area contributed by atoms with Gasteiger partial charge in [0.15, 0.2) is 5.13 Å². The lowest BCUT2D eigenvalue weighted by Crippen LogP contribution is -2.39. The molecule has 1 N–H and O–H groups in total. The third-order valence-corrected chi connectivity index (χ3v) is 4.26. The minimum atomic E-state index is 0.348. The summed E-state index contributed by atoms with van der Waals surface area (Å²) in [7, 11) is 3.51. The summed E-state index contributed by atoms with van der Waals surface area (Å²) in [4.78, 5) is 7.02. The molecule has 2 heterocycles. The van der Waals surface area contributed by atoms with Gasteiger partial charge in [-0.2, -0.15) is 0 Å². The molecule has 0 aliphatic carbocycles. The Labute approximate surface area is 118 Å². The van der Waals surface area contributed by atoms with Crippen LogP contribution in [-0.2, 0) is 16.0 Å². The molecule has 5 nitrogen and oxygen atoms in total. The van der Waals surface area contributed by atoms with E-state index in [0.717, 1.165) is 50.0 Å². The normalized spacial score (nSPS) is 19.9. The summed E-state index contributed by atoms with van der Waals surface area (Å²) in [5.41, 5.74) is 1.11. The molecule has 1 saturated heterocycles. The van der Waals surface area contributed by atoms with Crippen LogP contribution in [0.25, 0.3) is 0 Å². The molecule has 0 amide bonds. The monoisotopic (exact) mass is 285 g/mol. The van der Waals surface area contributed by atoms with E-state index in [-0.39, 0.29) is 0 Å². The molecule has 19 heavy (non-hydrogen) atoms. The van der Waals surface area contributed by atoms with Gasteiger partial charge in [-0.1, -0.05) is 0 Å². The van der Waals surface area contributed by atoms with Crippen molar-refractivity contribution in [3.05, 3.63) is 11.1 Å². The first-order valence-electron chi connectivity index (χ1n) is 6.75. The van der Waals surface area contributed by atoms with E-state index in [2.05, 4.69) is 20.6 Å². The van der Waals surface area contributed by atoms with Crippen molar-refractivity contribution in [1.29, 1.82) is 0 Å². The fraction of sp³-hybridized carbons (Fsp3) is 0.769. The number of nitrogens with one attached hydrogen (secondary N) is 1. The summed E-state index contributed by atoms with van der Waals surface area (Å²) in [5.74, 6) is 0. The molecule has 1 atom stereocenters. The zero-order valence-electron chi connectivity index (χ0n) is 11.7. The van der Waals surface area contributed by atoms with Crippen LogP contribution >= 0.6 is 11.3 Å². The van der Waals surface area contributed by atoms with Crippen LogP contribution in [0.4, 0.5) is 5.13 Å². The van der Waals surface area contributed by atoms with Gasteiger partial charge in [0.1, 0.15) is 0 Å². The minimum absolute atomic E-state index is 0.348. The average Bonchev–Trinajstić information content (AvgIpc) is 2.92. The Balaban J connectivity index is 1.82. The number of methoxy groups -OCH3 is 2. The fourth-order valence-corrected chi connectivity index (χ4v) is 3.08. The highest BCUT2D eigenvalue weighted by atomic mass is 32.1. The minimum Gasteiger partial charge on any atom is -0.383 e. The predicted molar refractivity (Wildman–Crippen MR) is 77.9 cm³/mol. The van der Waals surface area contributed by atoms with Crippen LogP contribution < -0.4 is 10.2 Å². The fourth-order valence-electron chi connectivity index (χ4n) is 2.22. The van der Waals surface area contributed by atoms with Gasteiger partial charge in [0, 0.05) is 45.8 Å². The Morgan fingerprint density at radius 2 is 2.42 bits per heavy atom. The van der Waals surface area contributed by atoms with E-state index in [9.17, 15) is 0 Å². The van der Waals surface area contributed by atoms with Gasteiger partial charge in [0.25, 0.3) is 0 Å². The summed E-state index contributed by atoms with van der Waals surface area (Å²) < 4.78 is 10.5. The van der Waals surface area contributed by atoms with E-state index in [0.29, 0.717) is 6.10 Å². The van der Waals surface area contributed by atoms with Crippen molar-refractivity contribution in [2.45, 2.75) is 25.5 Å². The SMILES string of the molecule is COCCNCc1csc(N2CCCC(OC)C2)n1. The highest BCUT2D eigenvalue weighted by Gasteiger charge is 2.21. The summed E-state index contributed by atoms with van der Waals surface area (Å²) in [6.45, 7) is 4.45. The Bertz CT molecular complexity index is 373. The first-order chi connectivity index (χ1) is 9.33. The van der Waals surface area contributed by atoms with Crippen molar-refractivity contribution >= 4 is 16.5 Å². The number of nitrogens with zero attached hydrogens (tertiary/aromatic N) is 2. The van der Waals surface area contributed by atoms with Crippen LogP contribution in [0.1, 0.15) is 18.5 Å². The van der Waals surface area contributed by atoms with Gasteiger partial charge in [-0.05, 0) is 12.8 Å². The molecule has 1 aliphatic rings. The van der Waals surface area contributed by atoms with Gasteiger partial charge in [-0.3, -0.25) is 0 Å². The van der Waals surface area contributed by atoms with Gasteiger partial charge >= 0.3 is 0 Å². The second-order valence-corrected chi connectivity index (χ2v) is 5.57. The van der Waals surface area contributed by atoms with Crippen LogP contribution in [0.2, 0.25) is 0 Å². The summed E-state index contributed by atoms with van der Waals surface area (Å²) in [6.07, 6.45) is 2.68. The second kappa shape index (κ2) is 7.79. The van der Waals surface area contributed by atoms with Crippen LogP contribution in [0, 0.1) is 0 Å². The molecule has 0 saturated carbocycles. The molecule has 108 valence electrons. The first kappa shape index (κ1) is 14.7. The number of aromatic nitrogens is 1. The van der Waals surface area contributed by atoms with Crippen molar-refractivity contribution in [3.8, 4) is 0 Å². The molecule has 6 heteroatoms. The number of piperidine rings is 1. The average molecular weight is 285 g/mol. The molecule has 1 aromatic rings. The zero-order valence-corrected chi connectivity index (χ0v) is 12.5. The molecule has 0 bridgehead atoms. The number of rotatable bonds is 7. The highest BCUT2D eigenvalue weighted by Crippen LogP contribution is 2.24. The first-order valence-corrected chi connectivity index (χ1v) is 7.63. The Morgan fingerprint density at radius 1 is 1.53 bits per heavy atom. The predicted octanol–water partition coefficient (Wildman–Crippen LogP) is 1.49. The van der Waals surface area contributed by atoms with E-state index in [4.69, 9.17) is 9.47 Å². The maximum absolute atomic E-state index is 5.45. The Kier molecular flexibility index (Phi) is 6.03. The van der Waals surface area contributed by atoms with Gasteiger partial charge in [-0.25, -0.2) is 4.98 Å². The third kappa shape index (κ3) is 4.42. The third-order valence-electron chi connectivity index (χ3n) is 3.31. The Hall–Kier alpha value is -0.690. The number of ether oxygens (including phenoxy) is 2. The van der Waals surface area contributed by atoms with Gasteiger partial charge in [0.2, 0.25) is 0 Å². The van der Waals surface area contributed by atoms with Crippen molar-refractivity contribution in [2.75, 3.05) is 45.4 Å². The molecule has 1 unspecified atom stereocenters. The molecular weight excluding hydrogens is 262 g/mol. The smallest absolute Gasteiger partial charge is 0.185 e. The highest BCUT2D eigenvalue weighted by molar-refractivity contribution is 7.13. The van der Waals surface area contributed by atoms with E-state index in [1.165, 1.54) is 6.42 Å². The van der Waals surface area contributed by atoms with Crippen molar-refractivity contribution in [2.24, 2.45) is 0 Å². The van der Waals surface area contributed by atoms with Gasteiger partial charge in [-0.15, -0.1) is 11.3 Å². The largest absolute Gasteiger partial charge is 0.383 e. The molecule has 2 rings (SSSR count). The molecule has 1 aromatic heterocycles. The Morgan fingerprint density at radius 3 is 3.21 bits per heavy atom. The van der Waals surface area contributed by atoms with Crippen LogP contribution in [-0.4, -0.2) is 51.5 Å². The van der Waals surface area contributed by atoms with Crippen LogP contribution in [0.15, 0.2) is 5.38 Å². The van der Waals surface area contributed by atoms with Crippen LogP contribution in [0.3, 0.4) is 0 Å². The van der Waals surface area contributed by atoms with E-state index in [1.54, 1.807) is 25.6 Å². The second-order valence-electron chi connectivity index (χ2n) is 4.74. The summed E-state index contributed by atoms with van der Waals surface area (Å²) in [5, 5.41) is 6.56. The topological polar surface area (TPSA) is 46.6 Å². The lowest BCUT2D eigenvalue weighted by Gasteiger charge is -2.31. The maximum atomic E-state index is 5.45. The lowest BCUT2D eigenvalue weighted by atomic mass is 10.1. The van der Waals surface area contributed by atoms with Gasteiger partial charge in [0.05, 0.1) is 18.4 Å². The molecule has 0 aromatic carbocycles. The molecular formula is C13H23N3O2S.